The van der Waals surface area contributed by atoms with Gasteiger partial charge in [0.15, 0.2) is 6.73 Å². The fourth-order valence-electron chi connectivity index (χ4n) is 0.281. The maximum Gasteiger partial charge on any atom is 0.178 e. The molecular formula is C4H10BrNO3. The Morgan fingerprint density at radius 2 is 2.00 bits per heavy atom. The topological polar surface area (TPSA) is 84.6 Å². The van der Waals surface area contributed by atoms with Crippen LogP contribution in [0.3, 0.4) is 0 Å². The van der Waals surface area contributed by atoms with E-state index in [0.29, 0.717) is 6.73 Å². The lowest BCUT2D eigenvalue weighted by Gasteiger charge is -1.94. The van der Waals surface area contributed by atoms with Crippen LogP contribution in [0.15, 0.2) is 17.3 Å². The van der Waals surface area contributed by atoms with Crippen LogP contribution in [0.2, 0.25) is 0 Å². The first-order valence-corrected chi connectivity index (χ1v) is 1.77. The van der Waals surface area contributed by atoms with Gasteiger partial charge in [-0.05, 0) is 6.08 Å². The second kappa shape index (κ2) is 10.6. The van der Waals surface area contributed by atoms with Gasteiger partial charge < -0.3 is 15.7 Å². The van der Waals surface area contributed by atoms with Gasteiger partial charge in [-0.2, -0.15) is 0 Å². The summed E-state index contributed by atoms with van der Waals surface area (Å²) in [5.41, 5.74) is 0. The predicted molar refractivity (Wildman–Crippen MR) is 41.1 cm³/mol. The third kappa shape index (κ3) is 7.61. The molecule has 0 radical (unpaired) electrons. The van der Waals surface area contributed by atoms with Crippen LogP contribution in [0.5, 0.6) is 0 Å². The summed E-state index contributed by atoms with van der Waals surface area (Å²) in [6.45, 7) is 0.483. The van der Waals surface area contributed by atoms with E-state index in [1.165, 1.54) is 0 Å². The van der Waals surface area contributed by atoms with Crippen molar-refractivity contribution >= 4 is 23.2 Å². The van der Waals surface area contributed by atoms with Crippen LogP contribution in [0.4, 0.5) is 0 Å². The van der Waals surface area contributed by atoms with Gasteiger partial charge in [-0.15, -0.1) is 17.0 Å². The lowest BCUT2D eigenvalue weighted by Crippen LogP contribution is -1.86. The van der Waals surface area contributed by atoms with Crippen molar-refractivity contribution in [3.8, 4) is 0 Å². The van der Waals surface area contributed by atoms with E-state index in [4.69, 9.17) is 4.74 Å². The van der Waals surface area contributed by atoms with Crippen LogP contribution in [-0.4, -0.2) is 23.9 Å². The Morgan fingerprint density at radius 1 is 1.33 bits per heavy atom. The van der Waals surface area contributed by atoms with Crippen molar-refractivity contribution in [2.75, 3.05) is 6.73 Å². The monoisotopic (exact) mass is 199 g/mol. The van der Waals surface area contributed by atoms with E-state index in [0.717, 1.165) is 0 Å². The van der Waals surface area contributed by atoms with Crippen molar-refractivity contribution in [2.45, 2.75) is 0 Å². The molecule has 0 spiro atoms. The Hall–Kier alpha value is -0.390. The Morgan fingerprint density at radius 3 is 2.11 bits per heavy atom. The van der Waals surface area contributed by atoms with E-state index < -0.39 is 0 Å². The molecule has 0 atom stereocenters. The Labute approximate surface area is 63.6 Å². The van der Waals surface area contributed by atoms with Gasteiger partial charge in [-0.3, -0.25) is 4.99 Å². The quantitative estimate of drug-likeness (QED) is 0.518. The third-order valence-corrected chi connectivity index (χ3v) is 0.515. The van der Waals surface area contributed by atoms with Gasteiger partial charge in [0.2, 0.25) is 0 Å². The highest BCUT2D eigenvalue weighted by molar-refractivity contribution is 8.93. The van der Waals surface area contributed by atoms with Gasteiger partial charge in [0, 0.05) is 6.21 Å². The van der Waals surface area contributed by atoms with Gasteiger partial charge in [-0.1, -0.05) is 0 Å². The summed E-state index contributed by atoms with van der Waals surface area (Å²) in [6, 6.07) is 0. The first-order chi connectivity index (χ1) is 3.00. The predicted octanol–water partition coefficient (Wildman–Crippen LogP) is -0.513. The molecule has 0 unspecified atom stereocenters. The van der Waals surface area contributed by atoms with E-state index >= 15 is 0 Å². The molecule has 0 aromatic heterocycles. The van der Waals surface area contributed by atoms with Crippen LogP contribution in [0.1, 0.15) is 0 Å². The molecule has 0 saturated heterocycles. The minimum atomic E-state index is 0. The number of hydrogen-bond acceptors (Lipinski definition) is 2. The van der Waals surface area contributed by atoms with E-state index in [1.54, 1.807) is 18.6 Å². The average molecular weight is 200 g/mol. The molecule has 0 bridgehead atoms. The van der Waals surface area contributed by atoms with Gasteiger partial charge in [0.05, 0.1) is 6.26 Å². The molecule has 0 aromatic rings. The molecule has 1 rings (SSSR count). The standard InChI is InChI=1S/C4H5NO.BrH.2H2O/c1-2-5-4-6-3-1;;;/h1-3H,4H2;1H;2*1H2. The fourth-order valence-corrected chi connectivity index (χ4v) is 0.281. The first-order valence-electron chi connectivity index (χ1n) is 1.77. The lowest BCUT2D eigenvalue weighted by atomic mass is 10.7. The molecular weight excluding hydrogens is 190 g/mol. The first kappa shape index (κ1) is 15.8. The summed E-state index contributed by atoms with van der Waals surface area (Å²) >= 11 is 0. The number of allylic oxidation sites excluding steroid dienone is 1. The molecule has 9 heavy (non-hydrogen) atoms. The van der Waals surface area contributed by atoms with Gasteiger partial charge >= 0.3 is 0 Å². The number of ether oxygens (including phenoxy) is 1. The molecule has 0 saturated carbocycles. The van der Waals surface area contributed by atoms with E-state index in [-0.39, 0.29) is 27.9 Å². The summed E-state index contributed by atoms with van der Waals surface area (Å²) in [4.78, 5) is 3.74. The maximum atomic E-state index is 4.69. The minimum absolute atomic E-state index is 0. The zero-order chi connectivity index (χ0) is 4.24. The highest BCUT2D eigenvalue weighted by Crippen LogP contribution is 1.81. The summed E-state index contributed by atoms with van der Waals surface area (Å²) in [6.07, 6.45) is 5.08. The molecule has 1 aliphatic rings. The lowest BCUT2D eigenvalue weighted by molar-refractivity contribution is 0.259. The Kier molecular flexibility index (Phi) is 18.6. The van der Waals surface area contributed by atoms with E-state index in [9.17, 15) is 0 Å². The van der Waals surface area contributed by atoms with Crippen LogP contribution >= 0.6 is 17.0 Å². The number of aliphatic imine (C=N–C) groups is 1. The molecule has 56 valence electrons. The van der Waals surface area contributed by atoms with Gasteiger partial charge in [-0.25, -0.2) is 0 Å². The maximum absolute atomic E-state index is 4.69. The van der Waals surface area contributed by atoms with Crippen LogP contribution in [0.25, 0.3) is 0 Å². The number of rotatable bonds is 0. The third-order valence-electron chi connectivity index (χ3n) is 0.515. The highest BCUT2D eigenvalue weighted by Gasteiger charge is 1.75. The number of halogens is 1. The Balaban J connectivity index is -0.000000120. The zero-order valence-corrected chi connectivity index (χ0v) is 6.42. The van der Waals surface area contributed by atoms with Crippen molar-refractivity contribution < 1.29 is 15.7 Å². The largest absolute Gasteiger partial charge is 0.479 e. The molecule has 0 amide bonds. The van der Waals surface area contributed by atoms with Crippen molar-refractivity contribution in [1.82, 2.24) is 0 Å². The van der Waals surface area contributed by atoms with Gasteiger partial charge in [0.25, 0.3) is 0 Å². The molecule has 5 heteroatoms. The second-order valence-electron chi connectivity index (χ2n) is 0.956. The molecule has 0 aromatic carbocycles. The fraction of sp³-hybridized carbons (Fsp3) is 0.250. The van der Waals surface area contributed by atoms with E-state index in [2.05, 4.69) is 4.99 Å². The molecule has 4 nitrogen and oxygen atoms in total. The van der Waals surface area contributed by atoms with Crippen LogP contribution in [-0.2, 0) is 4.74 Å². The van der Waals surface area contributed by atoms with Crippen molar-refractivity contribution in [1.29, 1.82) is 0 Å². The molecule has 1 aliphatic heterocycles. The van der Waals surface area contributed by atoms with Crippen LogP contribution < -0.4 is 0 Å². The van der Waals surface area contributed by atoms with Crippen molar-refractivity contribution in [3.63, 3.8) is 0 Å². The minimum Gasteiger partial charge on any atom is -0.479 e. The van der Waals surface area contributed by atoms with Crippen LogP contribution in [0, 0.1) is 0 Å². The average Bonchev–Trinajstić information content (AvgIpc) is 1.72. The smallest absolute Gasteiger partial charge is 0.178 e. The Bertz CT molecular complexity index is 81.8. The second-order valence-corrected chi connectivity index (χ2v) is 0.956. The zero-order valence-electron chi connectivity index (χ0n) is 4.70. The highest BCUT2D eigenvalue weighted by atomic mass is 79.9. The summed E-state index contributed by atoms with van der Waals surface area (Å²) in [5, 5.41) is 0. The number of nitrogens with zero attached hydrogens (tertiary/aromatic N) is 1. The molecule has 1 heterocycles. The number of hydrogen-bond donors (Lipinski definition) is 0. The SMILES string of the molecule is Br.C1=COCN=C1.O.O. The summed E-state index contributed by atoms with van der Waals surface area (Å²) < 4.78 is 4.69. The van der Waals surface area contributed by atoms with Gasteiger partial charge in [0.1, 0.15) is 0 Å². The molecule has 4 N–H and O–H groups in total. The van der Waals surface area contributed by atoms with Crippen molar-refractivity contribution in [2.24, 2.45) is 4.99 Å². The molecule has 0 fully saturated rings. The normalized spacial score (nSPS) is 11.6. The van der Waals surface area contributed by atoms with Crippen molar-refractivity contribution in [3.05, 3.63) is 12.3 Å². The summed E-state index contributed by atoms with van der Waals surface area (Å²) in [5.74, 6) is 0. The molecule has 0 aliphatic carbocycles. The summed E-state index contributed by atoms with van der Waals surface area (Å²) in [7, 11) is 0. The van der Waals surface area contributed by atoms with E-state index in [1.807, 2.05) is 0 Å².